The van der Waals surface area contributed by atoms with E-state index in [2.05, 4.69) is 5.32 Å². The molecule has 0 radical (unpaired) electrons. The Kier molecular flexibility index (Phi) is 4.91. The number of amides is 1. The predicted octanol–water partition coefficient (Wildman–Crippen LogP) is 2.73. The van der Waals surface area contributed by atoms with Crippen LogP contribution in [0.4, 0.5) is 5.69 Å². The number of nitrogens with two attached hydrogens (primary N) is 1. The normalized spacial score (nSPS) is 16.3. The van der Waals surface area contributed by atoms with Crippen molar-refractivity contribution in [3.05, 3.63) is 27.7 Å². The molecular formula is C13H16Cl2N2O2. The van der Waals surface area contributed by atoms with E-state index in [1.165, 1.54) is 12.1 Å². The van der Waals surface area contributed by atoms with Gasteiger partial charge in [0.05, 0.1) is 15.6 Å². The Labute approximate surface area is 122 Å². The van der Waals surface area contributed by atoms with Gasteiger partial charge in [0.1, 0.15) is 0 Å². The molecule has 1 aliphatic heterocycles. The van der Waals surface area contributed by atoms with E-state index in [1.54, 1.807) is 0 Å². The largest absolute Gasteiger partial charge is 0.399 e. The van der Waals surface area contributed by atoms with E-state index in [-0.39, 0.29) is 16.0 Å². The summed E-state index contributed by atoms with van der Waals surface area (Å²) >= 11 is 11.9. The van der Waals surface area contributed by atoms with Crippen molar-refractivity contribution in [2.75, 3.05) is 25.5 Å². The first-order chi connectivity index (χ1) is 9.08. The van der Waals surface area contributed by atoms with Crippen LogP contribution in [-0.2, 0) is 4.74 Å². The van der Waals surface area contributed by atoms with Gasteiger partial charge in [0.15, 0.2) is 0 Å². The fourth-order valence-electron chi connectivity index (χ4n) is 2.06. The first-order valence-electron chi connectivity index (χ1n) is 6.18. The van der Waals surface area contributed by atoms with Crippen LogP contribution in [0.15, 0.2) is 12.1 Å². The Morgan fingerprint density at radius 1 is 1.37 bits per heavy atom. The minimum absolute atomic E-state index is 0.236. The second-order valence-electron chi connectivity index (χ2n) is 4.63. The summed E-state index contributed by atoms with van der Waals surface area (Å²) in [6.45, 7) is 2.13. The molecule has 1 aromatic rings. The molecule has 4 nitrogen and oxygen atoms in total. The molecule has 0 aliphatic carbocycles. The number of ether oxygens (including phenoxy) is 1. The molecule has 0 aromatic heterocycles. The quantitative estimate of drug-likeness (QED) is 0.844. The zero-order valence-corrected chi connectivity index (χ0v) is 11.9. The summed E-state index contributed by atoms with van der Waals surface area (Å²) in [4.78, 5) is 12.1. The summed E-state index contributed by atoms with van der Waals surface area (Å²) in [6, 6.07) is 3.06. The summed E-state index contributed by atoms with van der Waals surface area (Å²) < 4.78 is 5.27. The molecule has 1 aliphatic rings. The highest BCUT2D eigenvalue weighted by Gasteiger charge is 2.17. The van der Waals surface area contributed by atoms with Gasteiger partial charge in [0.25, 0.3) is 5.91 Å². The molecule has 0 saturated carbocycles. The van der Waals surface area contributed by atoms with E-state index in [4.69, 9.17) is 33.7 Å². The molecule has 6 heteroatoms. The van der Waals surface area contributed by atoms with Crippen LogP contribution < -0.4 is 11.1 Å². The van der Waals surface area contributed by atoms with Crippen LogP contribution in [0.3, 0.4) is 0 Å². The van der Waals surface area contributed by atoms with Crippen molar-refractivity contribution in [2.24, 2.45) is 5.92 Å². The summed E-state index contributed by atoms with van der Waals surface area (Å²) in [7, 11) is 0. The lowest BCUT2D eigenvalue weighted by Crippen LogP contribution is -2.32. The maximum atomic E-state index is 12.1. The fraction of sp³-hybridized carbons (Fsp3) is 0.462. The zero-order valence-electron chi connectivity index (χ0n) is 10.4. The van der Waals surface area contributed by atoms with Gasteiger partial charge in [0.2, 0.25) is 0 Å². The highest BCUT2D eigenvalue weighted by molar-refractivity contribution is 6.44. The molecule has 0 unspecified atom stereocenters. The average molecular weight is 303 g/mol. The van der Waals surface area contributed by atoms with Crippen LogP contribution in [-0.4, -0.2) is 25.7 Å². The van der Waals surface area contributed by atoms with E-state index in [0.29, 0.717) is 23.7 Å². The summed E-state index contributed by atoms with van der Waals surface area (Å²) in [5.74, 6) is 0.207. The van der Waals surface area contributed by atoms with Crippen LogP contribution in [0.5, 0.6) is 0 Å². The highest BCUT2D eigenvalue weighted by atomic mass is 35.5. The molecule has 104 valence electrons. The van der Waals surface area contributed by atoms with Crippen molar-refractivity contribution in [3.8, 4) is 0 Å². The van der Waals surface area contributed by atoms with Crippen LogP contribution >= 0.6 is 23.2 Å². The average Bonchev–Trinajstić information content (AvgIpc) is 2.41. The molecule has 1 fully saturated rings. The van der Waals surface area contributed by atoms with E-state index < -0.39 is 0 Å². The van der Waals surface area contributed by atoms with E-state index >= 15 is 0 Å². The first-order valence-corrected chi connectivity index (χ1v) is 6.94. The van der Waals surface area contributed by atoms with Crippen molar-refractivity contribution >= 4 is 34.8 Å². The van der Waals surface area contributed by atoms with Crippen LogP contribution in [0.1, 0.15) is 23.2 Å². The fourth-order valence-corrected chi connectivity index (χ4v) is 2.48. The molecule has 0 atom stereocenters. The molecule has 1 aromatic carbocycles. The minimum Gasteiger partial charge on any atom is -0.399 e. The van der Waals surface area contributed by atoms with Gasteiger partial charge in [-0.25, -0.2) is 0 Å². The number of carbonyl (C=O) groups excluding carboxylic acids is 1. The molecular weight excluding hydrogens is 287 g/mol. The number of benzene rings is 1. The lowest BCUT2D eigenvalue weighted by molar-refractivity contribution is 0.0643. The summed E-state index contributed by atoms with van der Waals surface area (Å²) in [5.41, 5.74) is 6.41. The molecule has 19 heavy (non-hydrogen) atoms. The SMILES string of the molecule is Nc1cc(Cl)c(Cl)c(C(=O)NCC2CCOCC2)c1. The van der Waals surface area contributed by atoms with Gasteiger partial charge in [-0.3, -0.25) is 4.79 Å². The Morgan fingerprint density at radius 2 is 2.05 bits per heavy atom. The highest BCUT2D eigenvalue weighted by Crippen LogP contribution is 2.28. The predicted molar refractivity (Wildman–Crippen MR) is 76.8 cm³/mol. The van der Waals surface area contributed by atoms with Gasteiger partial charge >= 0.3 is 0 Å². The van der Waals surface area contributed by atoms with Crippen LogP contribution in [0, 0.1) is 5.92 Å². The van der Waals surface area contributed by atoms with Crippen molar-refractivity contribution in [2.45, 2.75) is 12.8 Å². The lowest BCUT2D eigenvalue weighted by atomic mass is 10.0. The molecule has 1 saturated heterocycles. The zero-order chi connectivity index (χ0) is 13.8. The topological polar surface area (TPSA) is 64.4 Å². The smallest absolute Gasteiger partial charge is 0.252 e. The van der Waals surface area contributed by atoms with Gasteiger partial charge in [-0.1, -0.05) is 23.2 Å². The maximum Gasteiger partial charge on any atom is 0.252 e. The number of carbonyl (C=O) groups is 1. The van der Waals surface area contributed by atoms with Crippen LogP contribution in [0.2, 0.25) is 10.0 Å². The molecule has 2 rings (SSSR count). The van der Waals surface area contributed by atoms with E-state index in [1.807, 2.05) is 0 Å². The second kappa shape index (κ2) is 6.46. The molecule has 1 heterocycles. The van der Waals surface area contributed by atoms with E-state index in [0.717, 1.165) is 26.1 Å². The number of rotatable bonds is 3. The van der Waals surface area contributed by atoms with Gasteiger partial charge in [-0.15, -0.1) is 0 Å². The number of hydrogen-bond acceptors (Lipinski definition) is 3. The molecule has 0 bridgehead atoms. The van der Waals surface area contributed by atoms with Crippen molar-refractivity contribution < 1.29 is 9.53 Å². The summed E-state index contributed by atoms with van der Waals surface area (Å²) in [5, 5.41) is 3.40. The summed E-state index contributed by atoms with van der Waals surface area (Å²) in [6.07, 6.45) is 1.93. The standard InChI is InChI=1S/C13H16Cl2N2O2/c14-11-6-9(16)5-10(12(11)15)13(18)17-7-8-1-3-19-4-2-8/h5-6,8H,1-4,7,16H2,(H,17,18). The monoisotopic (exact) mass is 302 g/mol. The van der Waals surface area contributed by atoms with Gasteiger partial charge < -0.3 is 15.8 Å². The van der Waals surface area contributed by atoms with Gasteiger partial charge in [-0.2, -0.15) is 0 Å². The molecule has 3 N–H and O–H groups in total. The van der Waals surface area contributed by atoms with Crippen molar-refractivity contribution in [3.63, 3.8) is 0 Å². The Hall–Kier alpha value is -0.970. The first kappa shape index (κ1) is 14.4. The third kappa shape index (κ3) is 3.75. The Bertz CT molecular complexity index is 474. The van der Waals surface area contributed by atoms with Gasteiger partial charge in [-0.05, 0) is 30.9 Å². The van der Waals surface area contributed by atoms with E-state index in [9.17, 15) is 4.79 Å². The minimum atomic E-state index is -0.245. The number of nitrogens with one attached hydrogen (secondary N) is 1. The Balaban J connectivity index is 1.99. The third-order valence-corrected chi connectivity index (χ3v) is 3.99. The maximum absolute atomic E-state index is 12.1. The number of nitrogen functional groups attached to an aromatic ring is 1. The Morgan fingerprint density at radius 3 is 2.74 bits per heavy atom. The van der Waals surface area contributed by atoms with Crippen LogP contribution in [0.25, 0.3) is 0 Å². The molecule has 0 spiro atoms. The molecule has 1 amide bonds. The van der Waals surface area contributed by atoms with Crippen molar-refractivity contribution in [1.82, 2.24) is 5.32 Å². The third-order valence-electron chi connectivity index (χ3n) is 3.19. The lowest BCUT2D eigenvalue weighted by Gasteiger charge is -2.22. The number of anilines is 1. The van der Waals surface area contributed by atoms with Crippen molar-refractivity contribution in [1.29, 1.82) is 0 Å². The van der Waals surface area contributed by atoms with Gasteiger partial charge in [0, 0.05) is 25.4 Å². The number of halogens is 2. The second-order valence-corrected chi connectivity index (χ2v) is 5.42. The number of hydrogen-bond donors (Lipinski definition) is 2.